The maximum atomic E-state index is 11.1. The molecule has 0 aliphatic carbocycles. The molecule has 1 aliphatic rings. The molecule has 21 heavy (non-hydrogen) atoms. The van der Waals surface area contributed by atoms with Gasteiger partial charge in [0.25, 0.3) is 0 Å². The molecule has 1 fully saturated rings. The first-order valence-electron chi connectivity index (χ1n) is 7.64. The van der Waals surface area contributed by atoms with Crippen molar-refractivity contribution in [3.05, 3.63) is 42.2 Å². The maximum absolute atomic E-state index is 11.1. The predicted molar refractivity (Wildman–Crippen MR) is 81.2 cm³/mol. The van der Waals surface area contributed by atoms with Gasteiger partial charge in [0.15, 0.2) is 0 Å². The van der Waals surface area contributed by atoms with Gasteiger partial charge < -0.3 is 10.0 Å². The van der Waals surface area contributed by atoms with Gasteiger partial charge in [-0.25, -0.2) is 4.68 Å². The summed E-state index contributed by atoms with van der Waals surface area (Å²) in [6.45, 7) is 5.16. The topological polar surface area (TPSA) is 54.2 Å². The molecule has 1 atom stereocenters. The van der Waals surface area contributed by atoms with Crippen LogP contribution in [0.1, 0.15) is 31.9 Å². The fourth-order valence-corrected chi connectivity index (χ4v) is 3.06. The van der Waals surface area contributed by atoms with Gasteiger partial charge in [-0.2, -0.15) is 0 Å². The van der Waals surface area contributed by atoms with Crippen molar-refractivity contribution in [3.8, 4) is 5.69 Å². The Kier molecular flexibility index (Phi) is 4.03. The summed E-state index contributed by atoms with van der Waals surface area (Å²) in [5, 5.41) is 19.3. The molecule has 1 N–H and O–H groups in total. The fraction of sp³-hybridized carbons (Fsp3) is 0.500. The highest BCUT2D eigenvalue weighted by atomic mass is 16.3. The van der Waals surface area contributed by atoms with Gasteiger partial charge in [0.1, 0.15) is 5.60 Å². The van der Waals surface area contributed by atoms with Gasteiger partial charge in [-0.3, -0.25) is 0 Å². The zero-order chi connectivity index (χ0) is 14.7. The van der Waals surface area contributed by atoms with E-state index in [0.717, 1.165) is 50.3 Å². The van der Waals surface area contributed by atoms with Crippen molar-refractivity contribution in [3.63, 3.8) is 0 Å². The van der Waals surface area contributed by atoms with Crippen molar-refractivity contribution in [2.24, 2.45) is 0 Å². The van der Waals surface area contributed by atoms with Gasteiger partial charge in [-0.1, -0.05) is 30.3 Å². The summed E-state index contributed by atoms with van der Waals surface area (Å²) in [5.41, 5.74) is 0.894. The number of para-hydroxylation sites is 1. The molecule has 1 aromatic carbocycles. The molecule has 2 heterocycles. The Morgan fingerprint density at radius 1 is 1.19 bits per heavy atom. The van der Waals surface area contributed by atoms with Gasteiger partial charge in [-0.05, 0) is 44.5 Å². The van der Waals surface area contributed by atoms with Gasteiger partial charge >= 0.3 is 0 Å². The van der Waals surface area contributed by atoms with Crippen LogP contribution in [0.5, 0.6) is 0 Å². The van der Waals surface area contributed by atoms with Gasteiger partial charge in [0.05, 0.1) is 17.6 Å². The summed E-state index contributed by atoms with van der Waals surface area (Å²) < 4.78 is 1.77. The van der Waals surface area contributed by atoms with Crippen LogP contribution in [0.4, 0.5) is 0 Å². The van der Waals surface area contributed by atoms with E-state index >= 15 is 0 Å². The third kappa shape index (κ3) is 2.84. The van der Waals surface area contributed by atoms with Crippen LogP contribution in [0.25, 0.3) is 5.69 Å². The molecule has 1 unspecified atom stereocenters. The number of aromatic nitrogens is 3. The van der Waals surface area contributed by atoms with E-state index in [1.807, 2.05) is 30.3 Å². The summed E-state index contributed by atoms with van der Waals surface area (Å²) in [7, 11) is 0. The van der Waals surface area contributed by atoms with E-state index in [1.54, 1.807) is 10.9 Å². The molecule has 1 saturated heterocycles. The minimum Gasteiger partial charge on any atom is -0.383 e. The number of hydrogen-bond donors (Lipinski definition) is 1. The van der Waals surface area contributed by atoms with E-state index < -0.39 is 5.60 Å². The van der Waals surface area contributed by atoms with Gasteiger partial charge in [0, 0.05) is 6.54 Å². The van der Waals surface area contributed by atoms with Crippen molar-refractivity contribution in [2.75, 3.05) is 19.6 Å². The molecule has 0 saturated carbocycles. The Hall–Kier alpha value is -1.72. The standard InChI is InChI=1S/C16H22N4O/c1-2-19-11-6-9-16(21,10-12-19)15-13-17-18-20(15)14-7-4-3-5-8-14/h3-5,7-8,13,21H,2,6,9-12H2,1H3. The Bertz CT molecular complexity index is 583. The number of hydrogen-bond acceptors (Lipinski definition) is 4. The lowest BCUT2D eigenvalue weighted by Crippen LogP contribution is -2.31. The summed E-state index contributed by atoms with van der Waals surface area (Å²) in [6, 6.07) is 9.88. The van der Waals surface area contributed by atoms with Crippen LogP contribution >= 0.6 is 0 Å². The minimum atomic E-state index is -0.844. The fourth-order valence-electron chi connectivity index (χ4n) is 3.06. The van der Waals surface area contributed by atoms with E-state index in [4.69, 9.17) is 0 Å². The molecule has 0 radical (unpaired) electrons. The van der Waals surface area contributed by atoms with Crippen molar-refractivity contribution in [2.45, 2.75) is 31.8 Å². The molecule has 1 aromatic heterocycles. The molecular formula is C16H22N4O. The van der Waals surface area contributed by atoms with Crippen LogP contribution in [0.3, 0.4) is 0 Å². The predicted octanol–water partition coefficient (Wildman–Crippen LogP) is 1.96. The van der Waals surface area contributed by atoms with Crippen molar-refractivity contribution >= 4 is 0 Å². The first-order chi connectivity index (χ1) is 10.2. The van der Waals surface area contributed by atoms with Crippen LogP contribution < -0.4 is 0 Å². The van der Waals surface area contributed by atoms with Crippen molar-refractivity contribution in [1.82, 2.24) is 19.9 Å². The lowest BCUT2D eigenvalue weighted by Gasteiger charge is -2.27. The highest BCUT2D eigenvalue weighted by Crippen LogP contribution is 2.33. The van der Waals surface area contributed by atoms with Crippen LogP contribution in [-0.4, -0.2) is 44.6 Å². The Morgan fingerprint density at radius 2 is 2.00 bits per heavy atom. The van der Waals surface area contributed by atoms with Gasteiger partial charge in [0.2, 0.25) is 0 Å². The second-order valence-corrected chi connectivity index (χ2v) is 5.69. The van der Waals surface area contributed by atoms with E-state index in [-0.39, 0.29) is 0 Å². The van der Waals surface area contributed by atoms with E-state index in [0.29, 0.717) is 0 Å². The molecule has 1 aliphatic heterocycles. The molecule has 0 spiro atoms. The first kappa shape index (κ1) is 14.2. The largest absolute Gasteiger partial charge is 0.383 e. The normalized spacial score (nSPS) is 23.9. The molecule has 112 valence electrons. The summed E-state index contributed by atoms with van der Waals surface area (Å²) >= 11 is 0. The summed E-state index contributed by atoms with van der Waals surface area (Å²) in [4.78, 5) is 2.38. The van der Waals surface area contributed by atoms with E-state index in [9.17, 15) is 5.11 Å². The minimum absolute atomic E-state index is 0.723. The third-order valence-electron chi connectivity index (χ3n) is 4.38. The van der Waals surface area contributed by atoms with E-state index in [2.05, 4.69) is 22.1 Å². The van der Waals surface area contributed by atoms with Crippen LogP contribution in [0.15, 0.2) is 36.5 Å². The van der Waals surface area contributed by atoms with E-state index in [1.165, 1.54) is 0 Å². The lowest BCUT2D eigenvalue weighted by molar-refractivity contribution is 0.0148. The zero-order valence-corrected chi connectivity index (χ0v) is 12.4. The number of aliphatic hydroxyl groups is 1. The Labute approximate surface area is 125 Å². The Balaban J connectivity index is 1.92. The molecule has 5 heteroatoms. The molecule has 3 rings (SSSR count). The summed E-state index contributed by atoms with van der Waals surface area (Å²) in [6.07, 6.45) is 4.17. The number of likely N-dealkylation sites (tertiary alicyclic amines) is 1. The zero-order valence-electron chi connectivity index (χ0n) is 12.4. The average molecular weight is 286 g/mol. The highest BCUT2D eigenvalue weighted by Gasteiger charge is 2.35. The molecule has 5 nitrogen and oxygen atoms in total. The second kappa shape index (κ2) is 5.95. The molecular weight excluding hydrogens is 264 g/mol. The van der Waals surface area contributed by atoms with Crippen molar-refractivity contribution in [1.29, 1.82) is 0 Å². The Morgan fingerprint density at radius 3 is 2.76 bits per heavy atom. The number of nitrogens with zero attached hydrogens (tertiary/aromatic N) is 4. The van der Waals surface area contributed by atoms with Crippen LogP contribution in [0.2, 0.25) is 0 Å². The van der Waals surface area contributed by atoms with Crippen LogP contribution in [0, 0.1) is 0 Å². The van der Waals surface area contributed by atoms with Crippen molar-refractivity contribution < 1.29 is 5.11 Å². The lowest BCUT2D eigenvalue weighted by atomic mass is 9.91. The SMILES string of the molecule is CCN1CCCC(O)(c2cnnn2-c2ccccc2)CC1. The monoisotopic (exact) mass is 286 g/mol. The highest BCUT2D eigenvalue weighted by molar-refractivity contribution is 5.33. The third-order valence-corrected chi connectivity index (χ3v) is 4.38. The summed E-state index contributed by atoms with van der Waals surface area (Å²) in [5.74, 6) is 0. The molecule has 0 amide bonds. The number of rotatable bonds is 3. The first-order valence-corrected chi connectivity index (χ1v) is 7.64. The smallest absolute Gasteiger partial charge is 0.110 e. The van der Waals surface area contributed by atoms with Crippen LogP contribution in [-0.2, 0) is 5.60 Å². The second-order valence-electron chi connectivity index (χ2n) is 5.69. The molecule has 0 bridgehead atoms. The maximum Gasteiger partial charge on any atom is 0.110 e. The number of benzene rings is 1. The average Bonchev–Trinajstić information content (AvgIpc) is 2.94. The molecule has 2 aromatic rings. The van der Waals surface area contributed by atoms with Gasteiger partial charge in [-0.15, -0.1) is 5.10 Å². The quantitative estimate of drug-likeness (QED) is 0.937.